The maximum absolute atomic E-state index is 12.2. The fourth-order valence-corrected chi connectivity index (χ4v) is 2.60. The number of hydrogen-bond acceptors (Lipinski definition) is 1. The summed E-state index contributed by atoms with van der Waals surface area (Å²) >= 11 is 0. The van der Waals surface area contributed by atoms with Crippen molar-refractivity contribution in [3.8, 4) is 0 Å². The molecule has 1 atom stereocenters. The summed E-state index contributed by atoms with van der Waals surface area (Å²) in [4.78, 5) is 12.2. The number of benzene rings is 1. The van der Waals surface area contributed by atoms with E-state index in [2.05, 4.69) is 24.8 Å². The molecule has 1 aliphatic carbocycles. The Morgan fingerprint density at radius 1 is 1.35 bits per heavy atom. The number of ketones is 1. The van der Waals surface area contributed by atoms with Crippen molar-refractivity contribution in [2.24, 2.45) is 0 Å². The Morgan fingerprint density at radius 2 is 2.12 bits per heavy atom. The summed E-state index contributed by atoms with van der Waals surface area (Å²) in [7, 11) is 0. The van der Waals surface area contributed by atoms with E-state index in [-0.39, 0.29) is 5.92 Å². The quantitative estimate of drug-likeness (QED) is 0.711. The van der Waals surface area contributed by atoms with Gasteiger partial charge in [-0.25, -0.2) is 0 Å². The summed E-state index contributed by atoms with van der Waals surface area (Å²) < 4.78 is 0. The molecule has 0 saturated heterocycles. The molecule has 90 valence electrons. The normalized spacial score (nSPS) is 18.5. The minimum atomic E-state index is 0.138. The van der Waals surface area contributed by atoms with Gasteiger partial charge >= 0.3 is 0 Å². The van der Waals surface area contributed by atoms with Crippen LogP contribution in [0.2, 0.25) is 0 Å². The zero-order valence-electron chi connectivity index (χ0n) is 10.5. The number of rotatable bonds is 4. The Morgan fingerprint density at radius 3 is 2.88 bits per heavy atom. The van der Waals surface area contributed by atoms with Gasteiger partial charge in [0.05, 0.1) is 0 Å². The molecule has 1 heteroatoms. The van der Waals surface area contributed by atoms with E-state index in [9.17, 15) is 4.79 Å². The predicted molar refractivity (Wildman–Crippen MR) is 71.2 cm³/mol. The highest BCUT2D eigenvalue weighted by atomic mass is 16.1. The molecule has 0 aromatic heterocycles. The van der Waals surface area contributed by atoms with Gasteiger partial charge < -0.3 is 0 Å². The lowest BCUT2D eigenvalue weighted by atomic mass is 9.79. The van der Waals surface area contributed by atoms with E-state index in [0.29, 0.717) is 12.2 Å². The molecule has 0 saturated carbocycles. The van der Waals surface area contributed by atoms with Crippen LogP contribution >= 0.6 is 0 Å². The van der Waals surface area contributed by atoms with Gasteiger partial charge in [-0.05, 0) is 43.7 Å². The Kier molecular flexibility index (Phi) is 3.78. The molecule has 0 fully saturated rings. The standard InChI is InChI=1S/C16H20O/c1-12(2)10-11-16(17)15-9-5-7-13-6-3-4-8-14(13)15/h3-4,6,8,15H,1,5,7,9-11H2,2H3. The molecule has 2 rings (SSSR count). The highest BCUT2D eigenvalue weighted by Gasteiger charge is 2.25. The van der Waals surface area contributed by atoms with Crippen molar-refractivity contribution in [2.75, 3.05) is 0 Å². The summed E-state index contributed by atoms with van der Waals surface area (Å²) in [5, 5.41) is 0. The summed E-state index contributed by atoms with van der Waals surface area (Å²) in [6.45, 7) is 5.85. The molecule has 1 aromatic carbocycles. The number of Topliss-reactive ketones (excluding diaryl/α,β-unsaturated/α-hetero) is 1. The van der Waals surface area contributed by atoms with E-state index in [4.69, 9.17) is 0 Å². The lowest BCUT2D eigenvalue weighted by Crippen LogP contribution is -2.18. The van der Waals surface area contributed by atoms with Gasteiger partial charge in [0.25, 0.3) is 0 Å². The SMILES string of the molecule is C=C(C)CCC(=O)C1CCCc2ccccc21. The molecule has 0 aliphatic heterocycles. The van der Waals surface area contributed by atoms with E-state index < -0.39 is 0 Å². The second kappa shape index (κ2) is 5.31. The molecule has 0 amide bonds. The number of allylic oxidation sites excluding steroid dienone is 1. The topological polar surface area (TPSA) is 17.1 Å². The summed E-state index contributed by atoms with van der Waals surface area (Å²) in [5.74, 6) is 0.527. The van der Waals surface area contributed by atoms with Crippen LogP contribution in [0.1, 0.15) is 49.7 Å². The van der Waals surface area contributed by atoms with Crippen LogP contribution in [0.4, 0.5) is 0 Å². The second-order valence-electron chi connectivity index (χ2n) is 5.07. The molecule has 0 heterocycles. The summed E-state index contributed by atoms with van der Waals surface area (Å²) in [6.07, 6.45) is 4.76. The number of hydrogen-bond donors (Lipinski definition) is 0. The van der Waals surface area contributed by atoms with Crippen LogP contribution in [0.5, 0.6) is 0 Å². The van der Waals surface area contributed by atoms with Crippen LogP contribution in [0.3, 0.4) is 0 Å². The van der Waals surface area contributed by atoms with E-state index >= 15 is 0 Å². The Hall–Kier alpha value is -1.37. The van der Waals surface area contributed by atoms with Crippen LogP contribution in [0.15, 0.2) is 36.4 Å². The number of fused-ring (bicyclic) bond motifs is 1. The fourth-order valence-electron chi connectivity index (χ4n) is 2.60. The highest BCUT2D eigenvalue weighted by Crippen LogP contribution is 2.33. The largest absolute Gasteiger partial charge is 0.299 e. The second-order valence-corrected chi connectivity index (χ2v) is 5.07. The average Bonchev–Trinajstić information content (AvgIpc) is 2.35. The van der Waals surface area contributed by atoms with Crippen LogP contribution in [0, 0.1) is 0 Å². The first-order chi connectivity index (χ1) is 8.18. The Balaban J connectivity index is 2.12. The number of carbonyl (C=O) groups excluding carboxylic acids is 1. The van der Waals surface area contributed by atoms with Crippen molar-refractivity contribution in [2.45, 2.75) is 44.9 Å². The molecule has 1 aliphatic rings. The number of aryl methyl sites for hydroxylation is 1. The smallest absolute Gasteiger partial charge is 0.140 e. The van der Waals surface area contributed by atoms with E-state index in [1.54, 1.807) is 0 Å². The van der Waals surface area contributed by atoms with Crippen molar-refractivity contribution in [1.29, 1.82) is 0 Å². The predicted octanol–water partition coefficient (Wildman–Crippen LogP) is 4.03. The minimum absolute atomic E-state index is 0.138. The minimum Gasteiger partial charge on any atom is -0.299 e. The molecule has 1 nitrogen and oxygen atoms in total. The first-order valence-electron chi connectivity index (χ1n) is 6.43. The monoisotopic (exact) mass is 228 g/mol. The third kappa shape index (κ3) is 2.85. The molecule has 0 bridgehead atoms. The highest BCUT2D eigenvalue weighted by molar-refractivity contribution is 5.86. The fraction of sp³-hybridized carbons (Fsp3) is 0.438. The van der Waals surface area contributed by atoms with Crippen molar-refractivity contribution < 1.29 is 4.79 Å². The van der Waals surface area contributed by atoms with Crippen LogP contribution in [-0.2, 0) is 11.2 Å². The van der Waals surface area contributed by atoms with Gasteiger partial charge in [-0.3, -0.25) is 4.79 Å². The molecular formula is C16H20O. The molecule has 17 heavy (non-hydrogen) atoms. The van der Waals surface area contributed by atoms with Crippen molar-refractivity contribution in [1.82, 2.24) is 0 Å². The molecule has 0 spiro atoms. The third-order valence-corrected chi connectivity index (χ3v) is 3.56. The van der Waals surface area contributed by atoms with Crippen LogP contribution in [0.25, 0.3) is 0 Å². The summed E-state index contributed by atoms with van der Waals surface area (Å²) in [6, 6.07) is 8.40. The van der Waals surface area contributed by atoms with Gasteiger partial charge in [0.2, 0.25) is 0 Å². The van der Waals surface area contributed by atoms with Gasteiger partial charge in [0, 0.05) is 12.3 Å². The zero-order chi connectivity index (χ0) is 12.3. The van der Waals surface area contributed by atoms with E-state index in [1.807, 2.05) is 13.0 Å². The van der Waals surface area contributed by atoms with Gasteiger partial charge in [0.1, 0.15) is 5.78 Å². The first-order valence-corrected chi connectivity index (χ1v) is 6.43. The molecule has 1 aromatic rings. The van der Waals surface area contributed by atoms with Crippen molar-refractivity contribution >= 4 is 5.78 Å². The van der Waals surface area contributed by atoms with E-state index in [1.165, 1.54) is 11.1 Å². The number of carbonyl (C=O) groups is 1. The Bertz CT molecular complexity index is 431. The summed E-state index contributed by atoms with van der Waals surface area (Å²) in [5.41, 5.74) is 3.74. The average molecular weight is 228 g/mol. The van der Waals surface area contributed by atoms with Gasteiger partial charge in [-0.15, -0.1) is 6.58 Å². The molecular weight excluding hydrogens is 208 g/mol. The van der Waals surface area contributed by atoms with Gasteiger partial charge in [-0.2, -0.15) is 0 Å². The maximum Gasteiger partial charge on any atom is 0.140 e. The molecule has 1 unspecified atom stereocenters. The molecule has 0 N–H and O–H groups in total. The van der Waals surface area contributed by atoms with Crippen LogP contribution in [-0.4, -0.2) is 5.78 Å². The maximum atomic E-state index is 12.2. The zero-order valence-corrected chi connectivity index (χ0v) is 10.5. The van der Waals surface area contributed by atoms with Gasteiger partial charge in [-0.1, -0.05) is 29.8 Å². The third-order valence-electron chi connectivity index (χ3n) is 3.56. The van der Waals surface area contributed by atoms with Crippen LogP contribution < -0.4 is 0 Å². The Labute approximate surface area is 104 Å². The lowest BCUT2D eigenvalue weighted by molar-refractivity contribution is -0.120. The van der Waals surface area contributed by atoms with Gasteiger partial charge in [0.15, 0.2) is 0 Å². The first kappa shape index (κ1) is 12.1. The van der Waals surface area contributed by atoms with Crippen molar-refractivity contribution in [3.05, 3.63) is 47.5 Å². The van der Waals surface area contributed by atoms with E-state index in [0.717, 1.165) is 31.3 Å². The molecule has 0 radical (unpaired) electrons. The van der Waals surface area contributed by atoms with Crippen molar-refractivity contribution in [3.63, 3.8) is 0 Å². The lowest BCUT2D eigenvalue weighted by Gasteiger charge is -2.24.